The van der Waals surface area contributed by atoms with E-state index in [-0.39, 0.29) is 17.3 Å². The number of carbonyl (C=O) groups excluding carboxylic acids is 1. The summed E-state index contributed by atoms with van der Waals surface area (Å²) in [5, 5.41) is 14.3. The van der Waals surface area contributed by atoms with Gasteiger partial charge in [0.25, 0.3) is 5.69 Å². The molecule has 0 radical (unpaired) electrons. The van der Waals surface area contributed by atoms with E-state index in [2.05, 4.69) is 5.32 Å². The molecule has 2 aromatic rings. The van der Waals surface area contributed by atoms with E-state index < -0.39 is 4.92 Å². The van der Waals surface area contributed by atoms with Gasteiger partial charge in [-0.1, -0.05) is 25.5 Å². The maximum absolute atomic E-state index is 12.0. The van der Waals surface area contributed by atoms with Gasteiger partial charge in [0.1, 0.15) is 11.4 Å². The molecule has 0 aliphatic heterocycles. The molecule has 26 heavy (non-hydrogen) atoms. The van der Waals surface area contributed by atoms with Gasteiger partial charge >= 0.3 is 5.97 Å². The molecule has 2 rings (SSSR count). The Morgan fingerprint density at radius 3 is 2.69 bits per heavy atom. The van der Waals surface area contributed by atoms with Gasteiger partial charge in [-0.3, -0.25) is 14.9 Å². The Kier molecular flexibility index (Phi) is 6.54. The van der Waals surface area contributed by atoms with E-state index in [1.807, 2.05) is 19.9 Å². The average Bonchev–Trinajstić information content (AvgIpc) is 2.62. The monoisotopic (exact) mass is 358 g/mol. The minimum atomic E-state index is -0.479. The molecule has 0 aliphatic carbocycles. The quantitative estimate of drug-likeness (QED) is 0.317. The topological polar surface area (TPSA) is 90.7 Å². The van der Waals surface area contributed by atoms with Crippen LogP contribution in [0, 0.1) is 17.0 Å². The van der Waals surface area contributed by atoms with Crippen LogP contribution in [0.4, 0.5) is 17.1 Å². The minimum Gasteiger partial charge on any atom is -0.497 e. The van der Waals surface area contributed by atoms with E-state index in [9.17, 15) is 14.9 Å². The lowest BCUT2D eigenvalue weighted by molar-refractivity contribution is -0.383. The van der Waals surface area contributed by atoms with Gasteiger partial charge in [0.15, 0.2) is 5.75 Å². The van der Waals surface area contributed by atoms with Gasteiger partial charge in [-0.05, 0) is 31.0 Å². The van der Waals surface area contributed by atoms with Crippen molar-refractivity contribution in [3.63, 3.8) is 0 Å². The fraction of sp³-hybridized carbons (Fsp3) is 0.316. The number of rotatable bonds is 8. The number of para-hydroxylation sites is 1. The molecule has 138 valence electrons. The van der Waals surface area contributed by atoms with Crippen LogP contribution < -0.4 is 14.8 Å². The van der Waals surface area contributed by atoms with E-state index >= 15 is 0 Å². The number of benzene rings is 2. The molecule has 0 aliphatic rings. The molecule has 7 nitrogen and oxygen atoms in total. The number of aryl methyl sites for hydroxylation is 1. The Hall–Kier alpha value is -3.09. The third kappa shape index (κ3) is 4.72. The van der Waals surface area contributed by atoms with Crippen molar-refractivity contribution < 1.29 is 19.2 Å². The Labute approximate surface area is 152 Å². The number of carbonyl (C=O) groups is 1. The summed E-state index contributed by atoms with van der Waals surface area (Å²) in [6.07, 6.45) is 1.96. The van der Waals surface area contributed by atoms with Gasteiger partial charge < -0.3 is 14.8 Å². The Bertz CT molecular complexity index is 805. The third-order valence-corrected chi connectivity index (χ3v) is 3.85. The van der Waals surface area contributed by atoms with Crippen molar-refractivity contribution in [3.8, 4) is 11.5 Å². The highest BCUT2D eigenvalue weighted by Crippen LogP contribution is 2.36. The number of ether oxygens (including phenoxy) is 2. The number of unbranched alkanes of at least 4 members (excludes halogenated alkanes) is 1. The first kappa shape index (κ1) is 19.2. The molecule has 2 aromatic carbocycles. The molecule has 7 heteroatoms. The van der Waals surface area contributed by atoms with Crippen LogP contribution in [0.15, 0.2) is 36.4 Å². The highest BCUT2D eigenvalue weighted by molar-refractivity contribution is 5.80. The lowest BCUT2D eigenvalue weighted by atomic mass is 10.1. The van der Waals surface area contributed by atoms with Crippen molar-refractivity contribution in [3.05, 3.63) is 52.1 Å². The fourth-order valence-electron chi connectivity index (χ4n) is 2.42. The second-order valence-electron chi connectivity index (χ2n) is 5.79. The molecule has 0 saturated carbocycles. The van der Waals surface area contributed by atoms with E-state index in [1.54, 1.807) is 12.1 Å². The lowest BCUT2D eigenvalue weighted by Crippen LogP contribution is -2.09. The first-order valence-electron chi connectivity index (χ1n) is 8.36. The zero-order chi connectivity index (χ0) is 19.1. The molecule has 0 bridgehead atoms. The Morgan fingerprint density at radius 1 is 1.27 bits per heavy atom. The van der Waals surface area contributed by atoms with Gasteiger partial charge in [-0.25, -0.2) is 0 Å². The molecule has 0 unspecified atom stereocenters. The van der Waals surface area contributed by atoms with Crippen molar-refractivity contribution in [1.29, 1.82) is 0 Å². The fourth-order valence-corrected chi connectivity index (χ4v) is 2.42. The van der Waals surface area contributed by atoms with Gasteiger partial charge in [-0.2, -0.15) is 0 Å². The predicted molar refractivity (Wildman–Crippen MR) is 99.3 cm³/mol. The van der Waals surface area contributed by atoms with E-state index in [0.29, 0.717) is 23.6 Å². The molecular formula is C19H22N2O5. The van der Waals surface area contributed by atoms with Crippen molar-refractivity contribution in [2.75, 3.05) is 12.4 Å². The van der Waals surface area contributed by atoms with E-state index in [4.69, 9.17) is 9.47 Å². The molecule has 0 atom stereocenters. The van der Waals surface area contributed by atoms with Crippen LogP contribution in [0.5, 0.6) is 11.5 Å². The zero-order valence-corrected chi connectivity index (χ0v) is 15.1. The minimum absolute atomic E-state index is 0.0997. The van der Waals surface area contributed by atoms with Crippen LogP contribution in [0.3, 0.4) is 0 Å². The molecule has 0 heterocycles. The second kappa shape index (κ2) is 8.84. The Balaban J connectivity index is 2.37. The third-order valence-electron chi connectivity index (χ3n) is 3.85. The zero-order valence-electron chi connectivity index (χ0n) is 15.1. The number of nitrogens with one attached hydrogen (secondary N) is 1. The standard InChI is InChI=1S/C19H22N2O5/c1-4-5-9-18(22)26-17-8-6-7-13(2)19(17)20-15-12-14(25-3)10-11-16(15)21(23)24/h6-8,10-12,20H,4-5,9H2,1-3H3. The van der Waals surface area contributed by atoms with Gasteiger partial charge in [0.2, 0.25) is 0 Å². The molecule has 0 fully saturated rings. The van der Waals surface area contributed by atoms with Crippen molar-refractivity contribution in [1.82, 2.24) is 0 Å². The van der Waals surface area contributed by atoms with Gasteiger partial charge in [-0.15, -0.1) is 0 Å². The average molecular weight is 358 g/mol. The maximum Gasteiger partial charge on any atom is 0.311 e. The maximum atomic E-state index is 12.0. The molecule has 1 N–H and O–H groups in total. The summed E-state index contributed by atoms with van der Waals surface area (Å²) >= 11 is 0. The van der Waals surface area contributed by atoms with Crippen molar-refractivity contribution >= 4 is 23.0 Å². The summed E-state index contributed by atoms with van der Waals surface area (Å²) in [7, 11) is 1.49. The summed E-state index contributed by atoms with van der Waals surface area (Å²) in [6, 6.07) is 9.68. The normalized spacial score (nSPS) is 10.3. The SMILES string of the molecule is CCCCC(=O)Oc1cccc(C)c1Nc1cc(OC)ccc1[N+](=O)[O-]. The second-order valence-corrected chi connectivity index (χ2v) is 5.79. The summed E-state index contributed by atoms with van der Waals surface area (Å²) in [6.45, 7) is 3.83. The molecule has 0 spiro atoms. The molecule has 0 aromatic heterocycles. The molecule has 0 amide bonds. The van der Waals surface area contributed by atoms with Crippen LogP contribution in [0.2, 0.25) is 0 Å². The molecule has 0 saturated heterocycles. The van der Waals surface area contributed by atoms with E-state index in [0.717, 1.165) is 18.4 Å². The number of hydrogen-bond acceptors (Lipinski definition) is 6. The number of nitro benzene ring substituents is 1. The summed E-state index contributed by atoms with van der Waals surface area (Å²) in [5.74, 6) is 0.483. The number of nitro groups is 1. The number of esters is 1. The van der Waals surface area contributed by atoms with Gasteiger partial charge in [0.05, 0.1) is 17.7 Å². The van der Waals surface area contributed by atoms with Crippen LogP contribution in [0.25, 0.3) is 0 Å². The number of methoxy groups -OCH3 is 1. The first-order chi connectivity index (χ1) is 12.5. The van der Waals surface area contributed by atoms with Crippen molar-refractivity contribution in [2.24, 2.45) is 0 Å². The predicted octanol–water partition coefficient (Wildman–Crippen LogP) is 4.75. The molecular weight excluding hydrogens is 336 g/mol. The number of hydrogen-bond donors (Lipinski definition) is 1. The summed E-state index contributed by atoms with van der Waals surface area (Å²) < 4.78 is 10.6. The summed E-state index contributed by atoms with van der Waals surface area (Å²) in [5.41, 5.74) is 1.46. The highest BCUT2D eigenvalue weighted by Gasteiger charge is 2.18. The van der Waals surface area contributed by atoms with Crippen molar-refractivity contribution in [2.45, 2.75) is 33.1 Å². The highest BCUT2D eigenvalue weighted by atomic mass is 16.6. The van der Waals surface area contributed by atoms with E-state index in [1.165, 1.54) is 25.3 Å². The Morgan fingerprint density at radius 2 is 2.04 bits per heavy atom. The lowest BCUT2D eigenvalue weighted by Gasteiger charge is -2.15. The van der Waals surface area contributed by atoms with Crippen LogP contribution in [0.1, 0.15) is 31.7 Å². The van der Waals surface area contributed by atoms with Gasteiger partial charge in [0, 0.05) is 18.6 Å². The number of nitrogens with zero attached hydrogens (tertiary/aromatic N) is 1. The number of anilines is 2. The first-order valence-corrected chi connectivity index (χ1v) is 8.36. The van der Waals surface area contributed by atoms with Crippen LogP contribution in [-0.2, 0) is 4.79 Å². The van der Waals surface area contributed by atoms with Crippen LogP contribution in [-0.4, -0.2) is 18.0 Å². The summed E-state index contributed by atoms with van der Waals surface area (Å²) in [4.78, 5) is 22.8. The van der Waals surface area contributed by atoms with Crippen LogP contribution >= 0.6 is 0 Å². The largest absolute Gasteiger partial charge is 0.497 e. The smallest absolute Gasteiger partial charge is 0.311 e.